The van der Waals surface area contributed by atoms with Gasteiger partial charge in [0.05, 0.1) is 38.9 Å². The fraction of sp³-hybridized carbons (Fsp3) is 0.360. The van der Waals surface area contributed by atoms with Crippen LogP contribution in [0, 0.1) is 18.8 Å². The van der Waals surface area contributed by atoms with Gasteiger partial charge in [0.1, 0.15) is 22.6 Å². The first kappa shape index (κ1) is 24.2. The van der Waals surface area contributed by atoms with Gasteiger partial charge in [-0.1, -0.05) is 18.2 Å². The van der Waals surface area contributed by atoms with Crippen LogP contribution in [-0.4, -0.2) is 55.7 Å². The number of carboxylic acid groups (broad SMARTS) is 1. The highest BCUT2D eigenvalue weighted by molar-refractivity contribution is 6.24. The molecule has 0 aliphatic carbocycles. The number of benzene rings is 2. The van der Waals surface area contributed by atoms with Crippen molar-refractivity contribution in [3.63, 3.8) is 0 Å². The number of carbonyl (C=O) groups is 4. The Morgan fingerprint density at radius 2 is 1.74 bits per heavy atom. The summed E-state index contributed by atoms with van der Waals surface area (Å²) in [5, 5.41) is 13.1. The van der Waals surface area contributed by atoms with Crippen molar-refractivity contribution < 1.29 is 38.5 Å². The molecular formula is C25H26N2O8. The second kappa shape index (κ2) is 8.70. The van der Waals surface area contributed by atoms with Gasteiger partial charge in [-0.05, 0) is 37.1 Å². The monoisotopic (exact) mass is 482 g/mol. The molecule has 2 saturated heterocycles. The molecule has 2 aromatic carbocycles. The summed E-state index contributed by atoms with van der Waals surface area (Å²) in [4.78, 5) is 53.7. The third kappa shape index (κ3) is 3.52. The van der Waals surface area contributed by atoms with E-state index in [9.17, 15) is 24.3 Å². The molecule has 2 aliphatic heterocycles. The Morgan fingerprint density at radius 3 is 2.31 bits per heavy atom. The number of imide groups is 1. The smallest absolute Gasteiger partial charge is 0.341 e. The first-order valence-corrected chi connectivity index (χ1v) is 10.9. The lowest BCUT2D eigenvalue weighted by Crippen LogP contribution is -2.53. The molecule has 0 spiro atoms. The Morgan fingerprint density at radius 1 is 1.06 bits per heavy atom. The van der Waals surface area contributed by atoms with E-state index < -0.39 is 47.2 Å². The Labute approximate surface area is 201 Å². The highest BCUT2D eigenvalue weighted by Gasteiger charge is 2.67. The summed E-state index contributed by atoms with van der Waals surface area (Å²) in [7, 11) is 3.99. The molecule has 2 N–H and O–H groups in total. The van der Waals surface area contributed by atoms with Crippen molar-refractivity contribution in [2.45, 2.75) is 25.4 Å². The maximum atomic E-state index is 13.8. The molecule has 2 amide bonds. The lowest BCUT2D eigenvalue weighted by molar-refractivity contribution is -0.147. The number of hydrogen-bond acceptors (Lipinski definition) is 8. The molecule has 4 unspecified atom stereocenters. The fourth-order valence-electron chi connectivity index (χ4n) is 5.11. The van der Waals surface area contributed by atoms with E-state index in [1.165, 1.54) is 40.4 Å². The van der Waals surface area contributed by atoms with Crippen molar-refractivity contribution in [3.8, 4) is 11.5 Å². The van der Waals surface area contributed by atoms with Crippen molar-refractivity contribution in [1.82, 2.24) is 5.32 Å². The van der Waals surface area contributed by atoms with Crippen molar-refractivity contribution >= 4 is 29.4 Å². The molecule has 0 aromatic heterocycles. The summed E-state index contributed by atoms with van der Waals surface area (Å²) in [5.41, 5.74) is -0.464. The van der Waals surface area contributed by atoms with Gasteiger partial charge >= 0.3 is 11.9 Å². The van der Waals surface area contributed by atoms with Crippen LogP contribution in [0.25, 0.3) is 0 Å². The molecular weight excluding hydrogens is 456 g/mol. The number of nitrogens with one attached hydrogen (secondary N) is 1. The van der Waals surface area contributed by atoms with Crippen molar-refractivity contribution in [2.24, 2.45) is 11.8 Å². The van der Waals surface area contributed by atoms with E-state index in [1.54, 1.807) is 31.2 Å². The number of methoxy groups -OCH3 is 3. The van der Waals surface area contributed by atoms with Crippen LogP contribution in [0.15, 0.2) is 36.4 Å². The Balaban J connectivity index is 1.95. The third-order valence-corrected chi connectivity index (χ3v) is 6.87. The molecule has 2 aliphatic rings. The zero-order chi connectivity index (χ0) is 25.7. The summed E-state index contributed by atoms with van der Waals surface area (Å²) in [5.74, 6) is -5.10. The van der Waals surface area contributed by atoms with Gasteiger partial charge in [-0.25, -0.2) is 9.69 Å². The topological polar surface area (TPSA) is 131 Å². The molecule has 35 heavy (non-hydrogen) atoms. The van der Waals surface area contributed by atoms with Gasteiger partial charge in [0.25, 0.3) is 0 Å². The number of rotatable bonds is 6. The van der Waals surface area contributed by atoms with E-state index in [-0.39, 0.29) is 16.9 Å². The number of anilines is 1. The van der Waals surface area contributed by atoms with Crippen LogP contribution in [0.5, 0.6) is 11.5 Å². The fourth-order valence-corrected chi connectivity index (χ4v) is 5.11. The van der Waals surface area contributed by atoms with Crippen molar-refractivity contribution in [3.05, 3.63) is 53.1 Å². The average molecular weight is 482 g/mol. The lowest BCUT2D eigenvalue weighted by Gasteiger charge is -2.28. The largest absolute Gasteiger partial charge is 0.497 e. The molecule has 4 atom stereocenters. The quantitative estimate of drug-likeness (QED) is 0.469. The predicted octanol–water partition coefficient (Wildman–Crippen LogP) is 2.09. The van der Waals surface area contributed by atoms with E-state index in [2.05, 4.69) is 5.32 Å². The number of hydrogen-bond donors (Lipinski definition) is 2. The number of esters is 1. The van der Waals surface area contributed by atoms with Crippen molar-refractivity contribution in [2.75, 3.05) is 26.2 Å². The average Bonchev–Trinajstić information content (AvgIpc) is 3.31. The normalized spacial score (nSPS) is 25.4. The molecule has 10 nitrogen and oxygen atoms in total. The summed E-state index contributed by atoms with van der Waals surface area (Å²) in [6.45, 7) is 3.13. The van der Waals surface area contributed by atoms with Gasteiger partial charge in [0.15, 0.2) is 0 Å². The van der Waals surface area contributed by atoms with Gasteiger partial charge in [-0.2, -0.15) is 0 Å². The van der Waals surface area contributed by atoms with Crippen LogP contribution < -0.4 is 19.7 Å². The number of ether oxygens (including phenoxy) is 3. The van der Waals surface area contributed by atoms with Gasteiger partial charge in [-0.3, -0.25) is 19.7 Å². The van der Waals surface area contributed by atoms with E-state index in [4.69, 9.17) is 14.2 Å². The Kier molecular flexibility index (Phi) is 6.02. The minimum atomic E-state index is -1.79. The van der Waals surface area contributed by atoms with E-state index in [1.807, 2.05) is 0 Å². The highest BCUT2D eigenvalue weighted by atomic mass is 16.5. The molecule has 10 heteroatoms. The van der Waals surface area contributed by atoms with Gasteiger partial charge < -0.3 is 19.3 Å². The van der Waals surface area contributed by atoms with Crippen LogP contribution in [0.4, 0.5) is 5.69 Å². The molecule has 0 bridgehead atoms. The second-order valence-electron chi connectivity index (χ2n) is 8.72. The van der Waals surface area contributed by atoms with Crippen LogP contribution in [0.2, 0.25) is 0 Å². The number of para-hydroxylation sites is 1. The minimum absolute atomic E-state index is 0.0104. The summed E-state index contributed by atoms with van der Waals surface area (Å²) in [6.07, 6.45) is 0. The number of aliphatic carboxylic acids is 1. The molecule has 184 valence electrons. The molecule has 4 rings (SSSR count). The van der Waals surface area contributed by atoms with E-state index in [0.717, 1.165) is 4.90 Å². The lowest BCUT2D eigenvalue weighted by atomic mass is 9.80. The Hall–Kier alpha value is -3.92. The van der Waals surface area contributed by atoms with E-state index >= 15 is 0 Å². The maximum absolute atomic E-state index is 13.8. The minimum Gasteiger partial charge on any atom is -0.497 e. The zero-order valence-corrected chi connectivity index (χ0v) is 19.9. The number of carboxylic acids is 1. The number of nitrogens with zero attached hydrogens (tertiary/aromatic N) is 1. The Bertz CT molecular complexity index is 1240. The van der Waals surface area contributed by atoms with Crippen LogP contribution in [0.1, 0.15) is 34.5 Å². The summed E-state index contributed by atoms with van der Waals surface area (Å²) in [6, 6.07) is 8.86. The number of carbonyl (C=O) groups excluding carboxylic acids is 3. The van der Waals surface area contributed by atoms with Gasteiger partial charge in [0, 0.05) is 12.1 Å². The van der Waals surface area contributed by atoms with Crippen LogP contribution in [0.3, 0.4) is 0 Å². The van der Waals surface area contributed by atoms with E-state index in [0.29, 0.717) is 17.0 Å². The van der Waals surface area contributed by atoms with Gasteiger partial charge in [0.2, 0.25) is 11.8 Å². The summed E-state index contributed by atoms with van der Waals surface area (Å²) < 4.78 is 15.7. The molecule has 0 saturated carbocycles. The SMILES string of the molecule is COC(=O)c1c(OC)cc(OC)cc1C1NC(C)(C(=O)O)C2C(=O)N(c3ccccc3C)C(=O)C12. The summed E-state index contributed by atoms with van der Waals surface area (Å²) >= 11 is 0. The second-order valence-corrected chi connectivity index (χ2v) is 8.72. The van der Waals surface area contributed by atoms with Gasteiger partial charge in [-0.15, -0.1) is 0 Å². The molecule has 0 radical (unpaired) electrons. The van der Waals surface area contributed by atoms with Crippen LogP contribution >= 0.6 is 0 Å². The highest BCUT2D eigenvalue weighted by Crippen LogP contribution is 2.51. The van der Waals surface area contributed by atoms with Crippen molar-refractivity contribution in [1.29, 1.82) is 0 Å². The van der Waals surface area contributed by atoms with Crippen LogP contribution in [-0.2, 0) is 19.1 Å². The standard InChI is InChI=1S/C25H26N2O8/c1-12-8-6-7-9-15(12)27-21(28)18-19(22(27)29)25(2,24(31)32)26-20(18)14-10-13(33-3)11-16(34-4)17(14)23(30)35-5/h6-11,18-20,26H,1-5H3,(H,31,32). The predicted molar refractivity (Wildman–Crippen MR) is 123 cm³/mol. The molecule has 2 heterocycles. The first-order chi connectivity index (χ1) is 16.6. The third-order valence-electron chi connectivity index (χ3n) is 6.87. The maximum Gasteiger partial charge on any atom is 0.341 e. The molecule has 2 aromatic rings. The number of fused-ring (bicyclic) bond motifs is 1. The first-order valence-electron chi connectivity index (χ1n) is 10.9. The number of amides is 2. The molecule has 2 fully saturated rings. The zero-order valence-electron chi connectivity index (χ0n) is 19.9. The number of aryl methyl sites for hydroxylation is 1.